The zero-order valence-electron chi connectivity index (χ0n) is 14.3. The summed E-state index contributed by atoms with van der Waals surface area (Å²) in [4.78, 5) is 6.71. The molecule has 0 bridgehead atoms. The number of aromatic amines is 1. The average Bonchev–Trinajstić information content (AvgIpc) is 3.31. The minimum absolute atomic E-state index is 0.0684. The van der Waals surface area contributed by atoms with Crippen LogP contribution < -0.4 is 4.72 Å². The first kappa shape index (κ1) is 17.4. The number of rotatable bonds is 6. The third kappa shape index (κ3) is 3.62. The third-order valence-corrected chi connectivity index (χ3v) is 5.72. The maximum Gasteiger partial charge on any atom is 0.243 e. The molecule has 8 heteroatoms. The van der Waals surface area contributed by atoms with Crippen LogP contribution in [0, 0.1) is 5.82 Å². The number of hydrogen-bond acceptors (Lipinski definition) is 3. The third-order valence-electron chi connectivity index (χ3n) is 4.29. The Morgan fingerprint density at radius 2 is 1.96 bits per heavy atom. The highest BCUT2D eigenvalue weighted by Gasteiger charge is 2.21. The Morgan fingerprint density at radius 3 is 2.78 bits per heavy atom. The first-order chi connectivity index (χ1) is 13.0. The van der Waals surface area contributed by atoms with Crippen molar-refractivity contribution in [3.05, 3.63) is 84.3 Å². The van der Waals surface area contributed by atoms with Gasteiger partial charge in [-0.15, -0.1) is 0 Å². The molecule has 4 rings (SSSR count). The number of aromatic nitrogens is 3. The van der Waals surface area contributed by atoms with Gasteiger partial charge in [-0.05, 0) is 23.3 Å². The molecule has 0 aliphatic heterocycles. The van der Waals surface area contributed by atoms with Crippen molar-refractivity contribution in [1.82, 2.24) is 19.3 Å². The predicted octanol–water partition coefficient (Wildman–Crippen LogP) is 3.03. The lowest BCUT2D eigenvalue weighted by Gasteiger charge is -2.08. The quantitative estimate of drug-likeness (QED) is 0.536. The number of nitrogens with one attached hydrogen (secondary N) is 2. The van der Waals surface area contributed by atoms with Gasteiger partial charge in [-0.3, -0.25) is 0 Å². The average molecular weight is 384 g/mol. The van der Waals surface area contributed by atoms with Crippen LogP contribution in [0.2, 0.25) is 0 Å². The Hall–Kier alpha value is -2.97. The van der Waals surface area contributed by atoms with Crippen LogP contribution >= 0.6 is 0 Å². The van der Waals surface area contributed by atoms with Gasteiger partial charge in [-0.2, -0.15) is 0 Å². The molecule has 2 aromatic carbocycles. The van der Waals surface area contributed by atoms with Crippen LogP contribution in [-0.2, 0) is 23.1 Å². The van der Waals surface area contributed by atoms with E-state index in [0.29, 0.717) is 12.1 Å². The van der Waals surface area contributed by atoms with Gasteiger partial charge in [0.05, 0.1) is 11.7 Å². The van der Waals surface area contributed by atoms with E-state index in [1.165, 1.54) is 18.3 Å². The van der Waals surface area contributed by atoms with E-state index >= 15 is 0 Å². The summed E-state index contributed by atoms with van der Waals surface area (Å²) >= 11 is 0. The second-order valence-corrected chi connectivity index (χ2v) is 7.93. The minimum atomic E-state index is -3.86. The Kier molecular flexibility index (Phi) is 4.51. The topological polar surface area (TPSA) is 79.8 Å². The Balaban J connectivity index is 1.54. The van der Waals surface area contributed by atoms with Gasteiger partial charge >= 0.3 is 0 Å². The lowest BCUT2D eigenvalue weighted by Crippen LogP contribution is -2.23. The number of imidazole rings is 1. The van der Waals surface area contributed by atoms with Crippen molar-refractivity contribution in [3.8, 4) is 0 Å². The van der Waals surface area contributed by atoms with Gasteiger partial charge in [-0.25, -0.2) is 22.5 Å². The minimum Gasteiger partial charge on any atom is -0.360 e. The molecule has 0 saturated carbocycles. The fourth-order valence-corrected chi connectivity index (χ4v) is 4.21. The molecule has 0 fully saturated rings. The first-order valence-corrected chi connectivity index (χ1v) is 9.80. The van der Waals surface area contributed by atoms with E-state index in [1.54, 1.807) is 18.6 Å². The van der Waals surface area contributed by atoms with Gasteiger partial charge in [0.2, 0.25) is 10.0 Å². The van der Waals surface area contributed by atoms with Gasteiger partial charge in [0, 0.05) is 37.2 Å². The van der Waals surface area contributed by atoms with E-state index < -0.39 is 15.8 Å². The maximum atomic E-state index is 14.1. The second-order valence-electron chi connectivity index (χ2n) is 6.19. The van der Waals surface area contributed by atoms with Gasteiger partial charge in [0.15, 0.2) is 0 Å². The summed E-state index contributed by atoms with van der Waals surface area (Å²) in [7, 11) is -3.86. The molecule has 0 amide bonds. The number of fused-ring (bicyclic) bond motifs is 1. The van der Waals surface area contributed by atoms with E-state index in [4.69, 9.17) is 0 Å². The Labute approximate surface area is 155 Å². The van der Waals surface area contributed by atoms with Crippen molar-refractivity contribution in [2.45, 2.75) is 18.0 Å². The highest BCUT2D eigenvalue weighted by molar-refractivity contribution is 7.89. The molecule has 138 valence electrons. The van der Waals surface area contributed by atoms with E-state index in [9.17, 15) is 12.8 Å². The molecule has 2 heterocycles. The van der Waals surface area contributed by atoms with Crippen molar-refractivity contribution in [3.63, 3.8) is 0 Å². The molecule has 2 aromatic heterocycles. The fraction of sp³-hybridized carbons (Fsp3) is 0.105. The highest BCUT2D eigenvalue weighted by Crippen LogP contribution is 2.25. The standard InChI is InChI=1S/C19H17FN4O2S/c20-16-5-2-6-17-19(16)18(11-22-17)27(25,26)23-10-14-3-1-4-15(9-14)12-24-8-7-21-13-24/h1-9,11,13,22-23H,10,12H2. The molecule has 0 aliphatic rings. The van der Waals surface area contributed by atoms with E-state index in [-0.39, 0.29) is 16.8 Å². The smallest absolute Gasteiger partial charge is 0.243 e. The summed E-state index contributed by atoms with van der Waals surface area (Å²) < 4.78 is 43.9. The molecular weight excluding hydrogens is 367 g/mol. The lowest BCUT2D eigenvalue weighted by atomic mass is 10.1. The van der Waals surface area contributed by atoms with Gasteiger partial charge < -0.3 is 9.55 Å². The zero-order valence-corrected chi connectivity index (χ0v) is 15.1. The van der Waals surface area contributed by atoms with Crippen molar-refractivity contribution in [1.29, 1.82) is 0 Å². The van der Waals surface area contributed by atoms with Crippen molar-refractivity contribution in [2.24, 2.45) is 0 Å². The lowest BCUT2D eigenvalue weighted by molar-refractivity contribution is 0.581. The monoisotopic (exact) mass is 384 g/mol. The molecule has 0 radical (unpaired) electrons. The van der Waals surface area contributed by atoms with Crippen LogP contribution in [0.4, 0.5) is 4.39 Å². The molecule has 6 nitrogen and oxygen atoms in total. The van der Waals surface area contributed by atoms with E-state index in [2.05, 4.69) is 14.7 Å². The number of hydrogen-bond donors (Lipinski definition) is 2. The van der Waals surface area contributed by atoms with Crippen molar-refractivity contribution >= 4 is 20.9 Å². The molecule has 0 spiro atoms. The van der Waals surface area contributed by atoms with Crippen LogP contribution in [0.3, 0.4) is 0 Å². The van der Waals surface area contributed by atoms with Crippen LogP contribution in [0.15, 0.2) is 72.3 Å². The van der Waals surface area contributed by atoms with Crippen LogP contribution in [-0.4, -0.2) is 23.0 Å². The maximum absolute atomic E-state index is 14.1. The zero-order chi connectivity index (χ0) is 18.9. The molecule has 0 aliphatic carbocycles. The summed E-state index contributed by atoms with van der Waals surface area (Å²) in [6.45, 7) is 0.759. The summed E-state index contributed by atoms with van der Waals surface area (Å²) in [5.41, 5.74) is 2.29. The van der Waals surface area contributed by atoms with E-state index in [1.807, 2.05) is 35.0 Å². The molecule has 2 N–H and O–H groups in total. The number of benzene rings is 2. The summed E-state index contributed by atoms with van der Waals surface area (Å²) in [6, 6.07) is 12.0. The van der Waals surface area contributed by atoms with Gasteiger partial charge in [0.1, 0.15) is 10.7 Å². The van der Waals surface area contributed by atoms with Crippen molar-refractivity contribution in [2.75, 3.05) is 0 Å². The summed E-state index contributed by atoms with van der Waals surface area (Å²) in [5, 5.41) is 0.0684. The predicted molar refractivity (Wildman–Crippen MR) is 100 cm³/mol. The summed E-state index contributed by atoms with van der Waals surface area (Å²) in [5.74, 6) is -0.573. The highest BCUT2D eigenvalue weighted by atomic mass is 32.2. The van der Waals surface area contributed by atoms with Crippen molar-refractivity contribution < 1.29 is 12.8 Å². The largest absolute Gasteiger partial charge is 0.360 e. The van der Waals surface area contributed by atoms with Crippen LogP contribution in [0.25, 0.3) is 10.9 Å². The van der Waals surface area contributed by atoms with Crippen LogP contribution in [0.1, 0.15) is 11.1 Å². The molecule has 27 heavy (non-hydrogen) atoms. The second kappa shape index (κ2) is 6.98. The molecule has 0 atom stereocenters. The Morgan fingerprint density at radius 1 is 1.15 bits per heavy atom. The number of H-pyrrole nitrogens is 1. The molecule has 0 saturated heterocycles. The van der Waals surface area contributed by atoms with Crippen LogP contribution in [0.5, 0.6) is 0 Å². The molecule has 4 aromatic rings. The Bertz CT molecular complexity index is 1180. The number of nitrogens with zero attached hydrogens (tertiary/aromatic N) is 2. The normalized spacial score (nSPS) is 11.9. The van der Waals surface area contributed by atoms with E-state index in [0.717, 1.165) is 11.1 Å². The SMILES string of the molecule is O=S(=O)(NCc1cccc(Cn2ccnc2)c1)c1c[nH]c2cccc(F)c12. The first-order valence-electron chi connectivity index (χ1n) is 8.32. The van der Waals surface area contributed by atoms with Gasteiger partial charge in [0.25, 0.3) is 0 Å². The fourth-order valence-electron chi connectivity index (χ4n) is 3.01. The summed E-state index contributed by atoms with van der Waals surface area (Å²) in [6.07, 6.45) is 6.60. The number of sulfonamides is 1. The number of halogens is 1. The molecular formula is C19H17FN4O2S. The van der Waals surface area contributed by atoms with Gasteiger partial charge in [-0.1, -0.05) is 30.3 Å². The molecule has 0 unspecified atom stereocenters.